The number of aromatic amines is 1. The normalized spacial score (nSPS) is 11.4. The highest BCUT2D eigenvalue weighted by atomic mass is 15.1. The number of nitrogens with one attached hydrogen (secondary N) is 1. The summed E-state index contributed by atoms with van der Waals surface area (Å²) in [6.07, 6.45) is 3.04. The van der Waals surface area contributed by atoms with Gasteiger partial charge in [0.05, 0.1) is 11.7 Å². The van der Waals surface area contributed by atoms with Crippen molar-refractivity contribution in [2.24, 2.45) is 5.92 Å². The van der Waals surface area contributed by atoms with Crippen LogP contribution in [0.15, 0.2) is 18.3 Å². The van der Waals surface area contributed by atoms with Gasteiger partial charge < -0.3 is 0 Å². The van der Waals surface area contributed by atoms with E-state index in [0.29, 0.717) is 5.92 Å². The fraction of sp³-hybridized carbons (Fsp3) is 0.417. The Morgan fingerprint density at radius 1 is 1.36 bits per heavy atom. The molecule has 0 unspecified atom stereocenters. The predicted octanol–water partition coefficient (Wildman–Crippen LogP) is 3.07. The third kappa shape index (κ3) is 1.65. The molecule has 2 heteroatoms. The van der Waals surface area contributed by atoms with Gasteiger partial charge in [-0.25, -0.2) is 0 Å². The second-order valence-corrected chi connectivity index (χ2v) is 4.34. The molecule has 0 spiro atoms. The standard InChI is InChI=1S/C12H16N2/c1-8(2)4-10-5-9(3)12-11(6-10)7-13-14-12/h5-8H,4H2,1-3H3,(H,13,14). The first-order chi connectivity index (χ1) is 6.66. The minimum atomic E-state index is 0.707. The first-order valence-electron chi connectivity index (χ1n) is 5.09. The maximum absolute atomic E-state index is 4.06. The molecule has 0 atom stereocenters. The van der Waals surface area contributed by atoms with E-state index in [2.05, 4.69) is 43.1 Å². The zero-order valence-corrected chi connectivity index (χ0v) is 8.96. The molecule has 0 aliphatic carbocycles. The molecule has 0 bridgehead atoms. The van der Waals surface area contributed by atoms with E-state index in [-0.39, 0.29) is 0 Å². The van der Waals surface area contributed by atoms with Crippen LogP contribution in [0.25, 0.3) is 10.9 Å². The average molecular weight is 188 g/mol. The molecule has 0 saturated heterocycles. The zero-order chi connectivity index (χ0) is 10.1. The van der Waals surface area contributed by atoms with Gasteiger partial charge in [0.1, 0.15) is 0 Å². The summed E-state index contributed by atoms with van der Waals surface area (Å²) in [5.74, 6) is 0.707. The Balaban J connectivity index is 2.47. The quantitative estimate of drug-likeness (QED) is 0.770. The third-order valence-electron chi connectivity index (χ3n) is 2.45. The molecule has 2 aromatic rings. The summed E-state index contributed by atoms with van der Waals surface area (Å²) >= 11 is 0. The van der Waals surface area contributed by atoms with Crippen LogP contribution >= 0.6 is 0 Å². The van der Waals surface area contributed by atoms with Crippen molar-refractivity contribution in [2.45, 2.75) is 27.2 Å². The largest absolute Gasteiger partial charge is 0.278 e. The summed E-state index contributed by atoms with van der Waals surface area (Å²) in [6.45, 7) is 6.62. The van der Waals surface area contributed by atoms with Gasteiger partial charge in [-0.2, -0.15) is 5.10 Å². The van der Waals surface area contributed by atoms with Crippen LogP contribution in [0.3, 0.4) is 0 Å². The van der Waals surface area contributed by atoms with Crippen molar-refractivity contribution in [3.05, 3.63) is 29.5 Å². The zero-order valence-electron chi connectivity index (χ0n) is 8.96. The smallest absolute Gasteiger partial charge is 0.0679 e. The van der Waals surface area contributed by atoms with Gasteiger partial charge in [0.25, 0.3) is 0 Å². The lowest BCUT2D eigenvalue weighted by atomic mass is 9.99. The second-order valence-electron chi connectivity index (χ2n) is 4.34. The molecule has 74 valence electrons. The van der Waals surface area contributed by atoms with Crippen LogP contribution in [0, 0.1) is 12.8 Å². The molecular weight excluding hydrogens is 172 g/mol. The Kier molecular flexibility index (Phi) is 2.28. The van der Waals surface area contributed by atoms with Gasteiger partial charge in [-0.1, -0.05) is 19.9 Å². The highest BCUT2D eigenvalue weighted by Crippen LogP contribution is 2.19. The van der Waals surface area contributed by atoms with E-state index in [1.54, 1.807) is 0 Å². The highest BCUT2D eigenvalue weighted by Gasteiger charge is 2.03. The van der Waals surface area contributed by atoms with Crippen molar-refractivity contribution in [3.8, 4) is 0 Å². The molecule has 0 amide bonds. The van der Waals surface area contributed by atoms with Gasteiger partial charge in [0.2, 0.25) is 0 Å². The van der Waals surface area contributed by atoms with Crippen LogP contribution in [0.1, 0.15) is 25.0 Å². The number of H-pyrrole nitrogens is 1. The first-order valence-corrected chi connectivity index (χ1v) is 5.09. The summed E-state index contributed by atoms with van der Waals surface area (Å²) in [7, 11) is 0. The van der Waals surface area contributed by atoms with Crippen molar-refractivity contribution in [2.75, 3.05) is 0 Å². The SMILES string of the molecule is Cc1cc(CC(C)C)cc2cn[nH]c12. The monoisotopic (exact) mass is 188 g/mol. The number of hydrogen-bond acceptors (Lipinski definition) is 1. The molecule has 0 aliphatic rings. The molecule has 0 aliphatic heterocycles. The summed E-state index contributed by atoms with van der Waals surface area (Å²) in [6, 6.07) is 4.48. The number of hydrogen-bond donors (Lipinski definition) is 1. The number of fused-ring (bicyclic) bond motifs is 1. The van der Waals surface area contributed by atoms with Gasteiger partial charge >= 0.3 is 0 Å². The van der Waals surface area contributed by atoms with Crippen molar-refractivity contribution in [3.63, 3.8) is 0 Å². The second kappa shape index (κ2) is 3.45. The molecule has 14 heavy (non-hydrogen) atoms. The Hall–Kier alpha value is -1.31. The van der Waals surface area contributed by atoms with Crippen LogP contribution < -0.4 is 0 Å². The Bertz CT molecular complexity index is 441. The number of nitrogens with zero attached hydrogens (tertiary/aromatic N) is 1. The van der Waals surface area contributed by atoms with Crippen LogP contribution in [0.4, 0.5) is 0 Å². The van der Waals surface area contributed by atoms with Crippen LogP contribution in [0.2, 0.25) is 0 Å². The molecule has 1 N–H and O–H groups in total. The molecular formula is C12H16N2. The number of rotatable bonds is 2. The molecule has 0 fully saturated rings. The number of aromatic nitrogens is 2. The lowest BCUT2D eigenvalue weighted by Gasteiger charge is -2.06. The van der Waals surface area contributed by atoms with Gasteiger partial charge in [-0.05, 0) is 36.5 Å². The van der Waals surface area contributed by atoms with Gasteiger partial charge in [-0.15, -0.1) is 0 Å². The summed E-state index contributed by atoms with van der Waals surface area (Å²) in [5, 5.41) is 8.30. The van der Waals surface area contributed by atoms with E-state index in [1.807, 2.05) is 6.20 Å². The Labute approximate surface area is 84.3 Å². The maximum atomic E-state index is 4.06. The van der Waals surface area contributed by atoms with E-state index in [0.717, 1.165) is 11.9 Å². The van der Waals surface area contributed by atoms with Crippen molar-refractivity contribution in [1.29, 1.82) is 0 Å². The lowest BCUT2D eigenvalue weighted by Crippen LogP contribution is -1.94. The maximum Gasteiger partial charge on any atom is 0.0679 e. The van der Waals surface area contributed by atoms with Crippen molar-refractivity contribution >= 4 is 10.9 Å². The van der Waals surface area contributed by atoms with E-state index < -0.39 is 0 Å². The fourth-order valence-corrected chi connectivity index (χ4v) is 1.90. The first kappa shape index (κ1) is 9.25. The predicted molar refractivity (Wildman–Crippen MR) is 59.4 cm³/mol. The van der Waals surface area contributed by atoms with Crippen LogP contribution in [0.5, 0.6) is 0 Å². The van der Waals surface area contributed by atoms with Gasteiger partial charge in [0, 0.05) is 5.39 Å². The minimum absolute atomic E-state index is 0.707. The summed E-state index contributed by atoms with van der Waals surface area (Å²) < 4.78 is 0. The number of benzene rings is 1. The molecule has 1 aromatic heterocycles. The molecule has 0 radical (unpaired) electrons. The molecule has 1 aromatic carbocycles. The van der Waals surface area contributed by atoms with E-state index in [9.17, 15) is 0 Å². The average Bonchev–Trinajstić information content (AvgIpc) is 2.50. The Morgan fingerprint density at radius 3 is 2.86 bits per heavy atom. The molecule has 2 rings (SSSR count). The summed E-state index contributed by atoms with van der Waals surface area (Å²) in [4.78, 5) is 0. The topological polar surface area (TPSA) is 28.7 Å². The third-order valence-corrected chi connectivity index (χ3v) is 2.45. The van der Waals surface area contributed by atoms with Crippen LogP contribution in [-0.2, 0) is 6.42 Å². The van der Waals surface area contributed by atoms with E-state index in [4.69, 9.17) is 0 Å². The van der Waals surface area contributed by atoms with Gasteiger partial charge in [0.15, 0.2) is 0 Å². The Morgan fingerprint density at radius 2 is 2.14 bits per heavy atom. The van der Waals surface area contributed by atoms with Crippen molar-refractivity contribution in [1.82, 2.24) is 10.2 Å². The van der Waals surface area contributed by atoms with Gasteiger partial charge in [-0.3, -0.25) is 5.10 Å². The van der Waals surface area contributed by atoms with Crippen molar-refractivity contribution < 1.29 is 0 Å². The molecule has 1 heterocycles. The minimum Gasteiger partial charge on any atom is -0.278 e. The van der Waals surface area contributed by atoms with E-state index in [1.165, 1.54) is 16.5 Å². The molecule has 0 saturated carbocycles. The van der Waals surface area contributed by atoms with Crippen LogP contribution in [-0.4, -0.2) is 10.2 Å². The lowest BCUT2D eigenvalue weighted by molar-refractivity contribution is 0.647. The number of aryl methyl sites for hydroxylation is 1. The fourth-order valence-electron chi connectivity index (χ4n) is 1.90. The highest BCUT2D eigenvalue weighted by molar-refractivity contribution is 5.81. The summed E-state index contributed by atoms with van der Waals surface area (Å²) in [5.41, 5.74) is 3.86. The molecule has 2 nitrogen and oxygen atoms in total. The van der Waals surface area contributed by atoms with E-state index >= 15 is 0 Å².